The first-order chi connectivity index (χ1) is 10.2. The Kier molecular flexibility index (Phi) is 5.19. The van der Waals surface area contributed by atoms with Crippen molar-refractivity contribution in [3.8, 4) is 6.07 Å². The van der Waals surface area contributed by atoms with E-state index in [1.807, 2.05) is 30.3 Å². The lowest BCUT2D eigenvalue weighted by molar-refractivity contribution is 0.252. The summed E-state index contributed by atoms with van der Waals surface area (Å²) < 4.78 is 0. The number of amides is 2. The van der Waals surface area contributed by atoms with Crippen molar-refractivity contribution in [2.24, 2.45) is 0 Å². The first kappa shape index (κ1) is 14.9. The van der Waals surface area contributed by atoms with Crippen LogP contribution in [0, 0.1) is 11.3 Å². The van der Waals surface area contributed by atoms with Crippen molar-refractivity contribution in [2.75, 3.05) is 11.9 Å². The van der Waals surface area contributed by atoms with Crippen LogP contribution in [-0.4, -0.2) is 12.6 Å². The second-order valence-corrected chi connectivity index (χ2v) is 4.88. The normalized spacial score (nSPS) is 9.71. The molecule has 0 bridgehead atoms. The predicted molar refractivity (Wildman–Crippen MR) is 83.3 cm³/mol. The largest absolute Gasteiger partial charge is 0.338 e. The molecule has 2 rings (SSSR count). The van der Waals surface area contributed by atoms with Gasteiger partial charge in [0.05, 0.1) is 11.6 Å². The van der Waals surface area contributed by atoms with Gasteiger partial charge in [-0.15, -0.1) is 0 Å². The molecule has 0 radical (unpaired) electrons. The number of hydrogen-bond acceptors (Lipinski definition) is 2. The number of nitriles is 1. The number of halogens is 1. The van der Waals surface area contributed by atoms with E-state index in [4.69, 9.17) is 16.9 Å². The Bertz CT molecular complexity index is 645. The van der Waals surface area contributed by atoms with Crippen molar-refractivity contribution >= 4 is 23.3 Å². The fourth-order valence-electron chi connectivity index (χ4n) is 1.77. The van der Waals surface area contributed by atoms with E-state index in [-0.39, 0.29) is 6.03 Å². The molecule has 21 heavy (non-hydrogen) atoms. The molecule has 2 amide bonds. The van der Waals surface area contributed by atoms with E-state index in [1.54, 1.807) is 24.3 Å². The highest BCUT2D eigenvalue weighted by molar-refractivity contribution is 6.30. The van der Waals surface area contributed by atoms with E-state index in [1.165, 1.54) is 0 Å². The van der Waals surface area contributed by atoms with Crippen LogP contribution >= 0.6 is 11.6 Å². The molecule has 0 aliphatic rings. The molecule has 4 nitrogen and oxygen atoms in total. The summed E-state index contributed by atoms with van der Waals surface area (Å²) in [5.74, 6) is 0. The number of carbonyl (C=O) groups excluding carboxylic acids is 1. The van der Waals surface area contributed by atoms with Crippen LogP contribution in [0.15, 0.2) is 48.5 Å². The average molecular weight is 300 g/mol. The summed E-state index contributed by atoms with van der Waals surface area (Å²) in [4.78, 5) is 11.7. The van der Waals surface area contributed by atoms with Crippen LogP contribution in [0.2, 0.25) is 5.02 Å². The number of rotatable bonds is 4. The molecule has 106 valence electrons. The van der Waals surface area contributed by atoms with Gasteiger partial charge in [0.15, 0.2) is 0 Å². The Morgan fingerprint density at radius 1 is 1.10 bits per heavy atom. The Labute approximate surface area is 128 Å². The van der Waals surface area contributed by atoms with E-state index in [2.05, 4.69) is 10.6 Å². The Morgan fingerprint density at radius 2 is 1.76 bits per heavy atom. The van der Waals surface area contributed by atoms with Crippen molar-refractivity contribution in [1.29, 1.82) is 5.26 Å². The van der Waals surface area contributed by atoms with Crippen molar-refractivity contribution < 1.29 is 4.79 Å². The molecule has 0 atom stereocenters. The second kappa shape index (κ2) is 7.32. The molecule has 5 heteroatoms. The summed E-state index contributed by atoms with van der Waals surface area (Å²) in [5, 5.41) is 14.9. The fourth-order valence-corrected chi connectivity index (χ4v) is 1.90. The summed E-state index contributed by atoms with van der Waals surface area (Å²) >= 11 is 5.81. The quantitative estimate of drug-likeness (QED) is 0.906. The van der Waals surface area contributed by atoms with E-state index in [0.717, 1.165) is 12.0 Å². The second-order valence-electron chi connectivity index (χ2n) is 4.45. The lowest BCUT2D eigenvalue weighted by Crippen LogP contribution is -2.30. The molecule has 0 heterocycles. The summed E-state index contributed by atoms with van der Waals surface area (Å²) in [5.41, 5.74) is 2.32. The van der Waals surface area contributed by atoms with Gasteiger partial charge in [-0.2, -0.15) is 5.26 Å². The van der Waals surface area contributed by atoms with Crippen molar-refractivity contribution in [2.45, 2.75) is 6.42 Å². The van der Waals surface area contributed by atoms with Crippen LogP contribution in [0.25, 0.3) is 0 Å². The lowest BCUT2D eigenvalue weighted by Gasteiger charge is -2.07. The van der Waals surface area contributed by atoms with Gasteiger partial charge in [0, 0.05) is 17.3 Å². The van der Waals surface area contributed by atoms with Gasteiger partial charge in [-0.05, 0) is 48.4 Å². The molecule has 0 fully saturated rings. The maximum Gasteiger partial charge on any atom is 0.319 e. The number of urea groups is 1. The molecule has 0 unspecified atom stereocenters. The number of carbonyl (C=O) groups is 1. The molecule has 2 N–H and O–H groups in total. The molecular weight excluding hydrogens is 286 g/mol. The topological polar surface area (TPSA) is 64.9 Å². The third-order valence-electron chi connectivity index (χ3n) is 2.88. The molecular formula is C16H14ClN3O. The van der Waals surface area contributed by atoms with E-state index in [9.17, 15) is 4.79 Å². The molecule has 0 saturated heterocycles. The number of anilines is 1. The minimum atomic E-state index is -0.270. The molecule has 2 aromatic carbocycles. The predicted octanol–water partition coefficient (Wildman–Crippen LogP) is 3.58. The monoisotopic (exact) mass is 299 g/mol. The molecule has 0 aliphatic heterocycles. The van der Waals surface area contributed by atoms with Crippen molar-refractivity contribution in [1.82, 2.24) is 5.32 Å². The highest BCUT2D eigenvalue weighted by atomic mass is 35.5. The van der Waals surface area contributed by atoms with Crippen molar-refractivity contribution in [3.05, 3.63) is 64.7 Å². The minimum Gasteiger partial charge on any atom is -0.338 e. The first-order valence-electron chi connectivity index (χ1n) is 6.47. The molecule has 0 spiro atoms. The van der Waals surface area contributed by atoms with Gasteiger partial charge in [-0.25, -0.2) is 4.79 Å². The van der Waals surface area contributed by atoms with Crippen LogP contribution in [0.1, 0.15) is 11.1 Å². The van der Waals surface area contributed by atoms with Gasteiger partial charge in [0.2, 0.25) is 0 Å². The lowest BCUT2D eigenvalue weighted by atomic mass is 10.1. The van der Waals surface area contributed by atoms with E-state index in [0.29, 0.717) is 22.8 Å². The zero-order valence-corrected chi connectivity index (χ0v) is 12.0. The van der Waals surface area contributed by atoms with Gasteiger partial charge < -0.3 is 10.6 Å². The third kappa shape index (κ3) is 4.83. The maximum atomic E-state index is 11.7. The highest BCUT2D eigenvalue weighted by Crippen LogP contribution is 2.10. The first-order valence-corrected chi connectivity index (χ1v) is 6.84. The Balaban J connectivity index is 1.76. The standard InChI is InChI=1S/C16H14ClN3O/c17-14-5-1-12(2-6-14)9-10-19-16(21)20-15-7-3-13(11-18)4-8-15/h1-8H,9-10H2,(H2,19,20,21). The van der Waals surface area contributed by atoms with E-state index >= 15 is 0 Å². The molecule has 0 aromatic heterocycles. The zero-order chi connectivity index (χ0) is 15.1. The van der Waals surface area contributed by atoms with Gasteiger partial charge in [0.25, 0.3) is 0 Å². The number of nitrogens with one attached hydrogen (secondary N) is 2. The third-order valence-corrected chi connectivity index (χ3v) is 3.14. The van der Waals surface area contributed by atoms with Crippen LogP contribution in [-0.2, 0) is 6.42 Å². The van der Waals surface area contributed by atoms with Crippen LogP contribution < -0.4 is 10.6 Å². The summed E-state index contributed by atoms with van der Waals surface area (Å²) in [6, 6.07) is 16.0. The maximum absolute atomic E-state index is 11.7. The van der Waals surface area contributed by atoms with Gasteiger partial charge >= 0.3 is 6.03 Å². The number of hydrogen-bond donors (Lipinski definition) is 2. The fraction of sp³-hybridized carbons (Fsp3) is 0.125. The van der Waals surface area contributed by atoms with Gasteiger partial charge in [0.1, 0.15) is 0 Å². The highest BCUT2D eigenvalue weighted by Gasteiger charge is 2.01. The van der Waals surface area contributed by atoms with Crippen LogP contribution in [0.5, 0.6) is 0 Å². The van der Waals surface area contributed by atoms with E-state index < -0.39 is 0 Å². The van der Waals surface area contributed by atoms with Gasteiger partial charge in [-0.3, -0.25) is 0 Å². The number of benzene rings is 2. The summed E-state index contributed by atoms with van der Waals surface area (Å²) in [7, 11) is 0. The Morgan fingerprint density at radius 3 is 2.38 bits per heavy atom. The SMILES string of the molecule is N#Cc1ccc(NC(=O)NCCc2ccc(Cl)cc2)cc1. The summed E-state index contributed by atoms with van der Waals surface area (Å²) in [6.07, 6.45) is 0.734. The zero-order valence-electron chi connectivity index (χ0n) is 11.3. The number of nitrogens with zero attached hydrogens (tertiary/aromatic N) is 1. The molecule has 0 aliphatic carbocycles. The summed E-state index contributed by atoms with van der Waals surface area (Å²) in [6.45, 7) is 0.531. The van der Waals surface area contributed by atoms with Crippen LogP contribution in [0.3, 0.4) is 0 Å². The molecule has 0 saturated carbocycles. The smallest absolute Gasteiger partial charge is 0.319 e. The Hall–Kier alpha value is -2.51. The van der Waals surface area contributed by atoms with Crippen LogP contribution in [0.4, 0.5) is 10.5 Å². The van der Waals surface area contributed by atoms with Gasteiger partial charge in [-0.1, -0.05) is 23.7 Å². The average Bonchev–Trinajstić information content (AvgIpc) is 2.50. The minimum absolute atomic E-state index is 0.270. The van der Waals surface area contributed by atoms with Crippen molar-refractivity contribution in [3.63, 3.8) is 0 Å². The molecule has 2 aromatic rings.